The second-order valence-electron chi connectivity index (χ2n) is 5.55. The fourth-order valence-electron chi connectivity index (χ4n) is 2.70. The van der Waals surface area contributed by atoms with Crippen LogP contribution < -0.4 is 15.0 Å². The van der Waals surface area contributed by atoms with E-state index in [-0.39, 0.29) is 24.5 Å². The third kappa shape index (κ3) is 3.42. The minimum Gasteiger partial charge on any atom is -0.480 e. The average molecular weight is 347 g/mol. The molecule has 1 N–H and O–H groups in total. The lowest BCUT2D eigenvalue weighted by Crippen LogP contribution is -2.28. The summed E-state index contributed by atoms with van der Waals surface area (Å²) < 4.78 is 32.0. The lowest BCUT2D eigenvalue weighted by molar-refractivity contribution is -0.122. The molecule has 1 aromatic heterocycles. The number of amides is 2. The first-order valence-corrected chi connectivity index (χ1v) is 7.55. The maximum Gasteiger partial charge on any atom is 0.237 e. The predicted molar refractivity (Wildman–Crippen MR) is 86.2 cm³/mol. The highest BCUT2D eigenvalue weighted by molar-refractivity contribution is 6.03. The third-order valence-electron chi connectivity index (χ3n) is 3.92. The molecule has 0 aliphatic carbocycles. The molecule has 1 aliphatic heterocycles. The molecule has 0 spiro atoms. The van der Waals surface area contributed by atoms with Gasteiger partial charge < -0.3 is 15.0 Å². The quantitative estimate of drug-likeness (QED) is 0.922. The molecule has 2 amide bonds. The van der Waals surface area contributed by atoms with Gasteiger partial charge in [-0.2, -0.15) is 0 Å². The van der Waals surface area contributed by atoms with Gasteiger partial charge in [-0.15, -0.1) is 0 Å². The molecule has 0 radical (unpaired) electrons. The average Bonchev–Trinajstić information content (AvgIpc) is 2.97. The second-order valence-corrected chi connectivity index (χ2v) is 5.55. The van der Waals surface area contributed by atoms with E-state index in [0.29, 0.717) is 11.8 Å². The summed E-state index contributed by atoms with van der Waals surface area (Å²) >= 11 is 0. The van der Waals surface area contributed by atoms with Gasteiger partial charge in [-0.25, -0.2) is 13.8 Å². The number of nitrogens with zero attached hydrogens (tertiary/aromatic N) is 2. The minimum absolute atomic E-state index is 0.00972. The van der Waals surface area contributed by atoms with Gasteiger partial charge in [0.15, 0.2) is 0 Å². The van der Waals surface area contributed by atoms with Crippen LogP contribution in [0.1, 0.15) is 6.42 Å². The zero-order valence-electron chi connectivity index (χ0n) is 13.3. The SMILES string of the molecule is COc1ncccc1NC(=O)[C@H]1CC(=O)N(c2ccc(F)cc2F)C1. The standard InChI is InChI=1S/C17H15F2N3O3/c1-25-17-13(3-2-6-20-17)21-16(24)10-7-15(23)22(9-10)14-5-4-11(18)8-12(14)19/h2-6,8,10H,7,9H2,1H3,(H,21,24)/t10-/m0/s1. The summed E-state index contributed by atoms with van der Waals surface area (Å²) in [5, 5.41) is 2.66. The van der Waals surface area contributed by atoms with Gasteiger partial charge in [0.1, 0.15) is 17.3 Å². The van der Waals surface area contributed by atoms with Crippen LogP contribution in [0.5, 0.6) is 5.88 Å². The topological polar surface area (TPSA) is 71.5 Å². The van der Waals surface area contributed by atoms with E-state index >= 15 is 0 Å². The summed E-state index contributed by atoms with van der Waals surface area (Å²) in [4.78, 5) is 29.7. The lowest BCUT2D eigenvalue weighted by atomic mass is 10.1. The molecule has 8 heteroatoms. The van der Waals surface area contributed by atoms with Crippen molar-refractivity contribution in [3.8, 4) is 5.88 Å². The summed E-state index contributed by atoms with van der Waals surface area (Å²) in [7, 11) is 1.43. The van der Waals surface area contributed by atoms with E-state index in [2.05, 4.69) is 10.3 Å². The highest BCUT2D eigenvalue weighted by atomic mass is 19.1. The molecule has 3 rings (SSSR count). The van der Waals surface area contributed by atoms with Crippen molar-refractivity contribution in [3.63, 3.8) is 0 Å². The molecule has 1 atom stereocenters. The fourth-order valence-corrected chi connectivity index (χ4v) is 2.70. The van der Waals surface area contributed by atoms with Crippen molar-refractivity contribution in [1.29, 1.82) is 0 Å². The fraction of sp³-hybridized carbons (Fsp3) is 0.235. The predicted octanol–water partition coefficient (Wildman–Crippen LogP) is 2.36. The number of carbonyl (C=O) groups is 2. The molecule has 1 saturated heterocycles. The van der Waals surface area contributed by atoms with Crippen molar-refractivity contribution in [2.75, 3.05) is 23.9 Å². The van der Waals surface area contributed by atoms with Crippen molar-refractivity contribution in [1.82, 2.24) is 4.98 Å². The van der Waals surface area contributed by atoms with E-state index in [1.807, 2.05) is 0 Å². The highest BCUT2D eigenvalue weighted by Gasteiger charge is 2.36. The van der Waals surface area contributed by atoms with Crippen LogP contribution in [0.4, 0.5) is 20.2 Å². The van der Waals surface area contributed by atoms with Crippen LogP contribution in [0.15, 0.2) is 36.5 Å². The van der Waals surface area contributed by atoms with Gasteiger partial charge >= 0.3 is 0 Å². The van der Waals surface area contributed by atoms with E-state index in [0.717, 1.165) is 11.0 Å². The Balaban J connectivity index is 1.74. The molecular weight excluding hydrogens is 332 g/mol. The first-order valence-electron chi connectivity index (χ1n) is 7.55. The van der Waals surface area contributed by atoms with Crippen LogP contribution in [0, 0.1) is 17.6 Å². The molecule has 1 aromatic carbocycles. The van der Waals surface area contributed by atoms with Crippen molar-refractivity contribution in [2.45, 2.75) is 6.42 Å². The molecule has 0 saturated carbocycles. The van der Waals surface area contributed by atoms with Gasteiger partial charge in [-0.1, -0.05) is 0 Å². The first-order chi connectivity index (χ1) is 12.0. The number of carbonyl (C=O) groups excluding carboxylic acids is 2. The van der Waals surface area contributed by atoms with Gasteiger partial charge in [0.2, 0.25) is 17.7 Å². The summed E-state index contributed by atoms with van der Waals surface area (Å²) in [6.07, 6.45) is 1.46. The summed E-state index contributed by atoms with van der Waals surface area (Å²) in [6.45, 7) is 0.00972. The number of rotatable bonds is 4. The van der Waals surface area contributed by atoms with Gasteiger partial charge in [0.25, 0.3) is 0 Å². The van der Waals surface area contributed by atoms with Crippen molar-refractivity contribution in [2.24, 2.45) is 5.92 Å². The van der Waals surface area contributed by atoms with E-state index in [4.69, 9.17) is 4.74 Å². The van der Waals surface area contributed by atoms with Gasteiger partial charge in [-0.3, -0.25) is 9.59 Å². The van der Waals surface area contributed by atoms with Crippen LogP contribution in [-0.4, -0.2) is 30.5 Å². The number of methoxy groups -OCH3 is 1. The van der Waals surface area contributed by atoms with Crippen molar-refractivity contribution in [3.05, 3.63) is 48.2 Å². The number of halogens is 2. The van der Waals surface area contributed by atoms with Crippen LogP contribution in [0.3, 0.4) is 0 Å². The van der Waals surface area contributed by atoms with E-state index in [1.165, 1.54) is 19.4 Å². The second kappa shape index (κ2) is 6.84. The Morgan fingerprint density at radius 1 is 1.36 bits per heavy atom. The highest BCUT2D eigenvalue weighted by Crippen LogP contribution is 2.29. The van der Waals surface area contributed by atoms with Crippen LogP contribution in [0.2, 0.25) is 0 Å². The van der Waals surface area contributed by atoms with Crippen LogP contribution in [-0.2, 0) is 9.59 Å². The van der Waals surface area contributed by atoms with Gasteiger partial charge in [0.05, 0.1) is 18.7 Å². The largest absolute Gasteiger partial charge is 0.480 e. The first kappa shape index (κ1) is 16.8. The number of hydrogen-bond donors (Lipinski definition) is 1. The van der Waals surface area contributed by atoms with Gasteiger partial charge in [0, 0.05) is 25.2 Å². The zero-order chi connectivity index (χ0) is 18.0. The number of hydrogen-bond acceptors (Lipinski definition) is 4. The molecule has 1 fully saturated rings. The van der Waals surface area contributed by atoms with Crippen LogP contribution >= 0.6 is 0 Å². The molecule has 6 nitrogen and oxygen atoms in total. The number of anilines is 2. The normalized spacial score (nSPS) is 16.8. The molecule has 1 aliphatic rings. The smallest absolute Gasteiger partial charge is 0.237 e. The zero-order valence-corrected chi connectivity index (χ0v) is 13.3. The Hall–Kier alpha value is -3.03. The maximum atomic E-state index is 13.9. The number of benzene rings is 1. The number of nitrogens with one attached hydrogen (secondary N) is 1. The summed E-state index contributed by atoms with van der Waals surface area (Å²) in [5.41, 5.74) is 0.342. The molecular formula is C17H15F2N3O3. The number of aromatic nitrogens is 1. The van der Waals surface area contributed by atoms with E-state index in [1.54, 1.807) is 12.1 Å². The molecule has 2 aromatic rings. The molecule has 130 valence electrons. The Labute approximate surface area is 142 Å². The maximum absolute atomic E-state index is 13.9. The third-order valence-corrected chi connectivity index (χ3v) is 3.92. The van der Waals surface area contributed by atoms with E-state index < -0.39 is 29.4 Å². The molecule has 2 heterocycles. The van der Waals surface area contributed by atoms with Crippen molar-refractivity contribution >= 4 is 23.2 Å². The molecule has 0 unspecified atom stereocenters. The Kier molecular flexibility index (Phi) is 4.60. The van der Waals surface area contributed by atoms with Crippen LogP contribution in [0.25, 0.3) is 0 Å². The van der Waals surface area contributed by atoms with Crippen molar-refractivity contribution < 1.29 is 23.1 Å². The molecule has 0 bridgehead atoms. The Bertz CT molecular complexity index is 829. The number of ether oxygens (including phenoxy) is 1. The summed E-state index contributed by atoms with van der Waals surface area (Å²) in [6, 6.07) is 6.22. The number of pyridine rings is 1. The Morgan fingerprint density at radius 2 is 2.16 bits per heavy atom. The van der Waals surface area contributed by atoms with E-state index in [9.17, 15) is 18.4 Å². The molecule has 25 heavy (non-hydrogen) atoms. The lowest BCUT2D eigenvalue weighted by Gasteiger charge is -2.17. The summed E-state index contributed by atoms with van der Waals surface area (Å²) in [5.74, 6) is -2.79. The minimum atomic E-state index is -0.844. The monoisotopic (exact) mass is 347 g/mol. The van der Waals surface area contributed by atoms with Gasteiger partial charge in [-0.05, 0) is 24.3 Å². The Morgan fingerprint density at radius 3 is 2.88 bits per heavy atom.